The number of hydrogen-bond acceptors (Lipinski definition) is 3. The Morgan fingerprint density at radius 3 is 2.91 bits per heavy atom. The Balaban J connectivity index is 3.26. The second kappa shape index (κ2) is 2.99. The number of aliphatic imine (C=N–C) groups is 1. The molecule has 3 nitrogen and oxygen atoms in total. The van der Waals surface area contributed by atoms with Crippen molar-refractivity contribution >= 4 is 11.8 Å². The van der Waals surface area contributed by atoms with Gasteiger partial charge in [-0.05, 0) is 18.6 Å². The highest BCUT2D eigenvalue weighted by atomic mass is 16.3. The molecule has 0 aliphatic heterocycles. The van der Waals surface area contributed by atoms with Crippen LogP contribution in [0.15, 0.2) is 23.2 Å². The van der Waals surface area contributed by atoms with Gasteiger partial charge in [-0.3, -0.25) is 0 Å². The summed E-state index contributed by atoms with van der Waals surface area (Å²) in [6.07, 6.45) is 1.37. The van der Waals surface area contributed by atoms with Crippen molar-refractivity contribution < 1.29 is 9.90 Å². The van der Waals surface area contributed by atoms with Crippen LogP contribution in [-0.4, -0.2) is 11.2 Å². The molecule has 1 rings (SSSR count). The van der Waals surface area contributed by atoms with Gasteiger partial charge in [0, 0.05) is 0 Å². The van der Waals surface area contributed by atoms with E-state index in [9.17, 15) is 9.90 Å². The molecular weight excluding hydrogens is 142 g/mol. The number of rotatable bonds is 1. The van der Waals surface area contributed by atoms with Gasteiger partial charge in [-0.2, -0.15) is 4.99 Å². The van der Waals surface area contributed by atoms with Crippen molar-refractivity contribution in [2.75, 3.05) is 0 Å². The molecule has 0 aliphatic carbocycles. The summed E-state index contributed by atoms with van der Waals surface area (Å²) in [5.74, 6) is 0.0378. The molecule has 1 N–H and O–H groups in total. The van der Waals surface area contributed by atoms with E-state index in [4.69, 9.17) is 0 Å². The number of nitrogens with zero attached hydrogens (tertiary/aromatic N) is 1. The van der Waals surface area contributed by atoms with Crippen LogP contribution >= 0.6 is 0 Å². The minimum absolute atomic E-state index is 0.0378. The monoisotopic (exact) mass is 149 g/mol. The molecule has 0 unspecified atom stereocenters. The predicted octanol–water partition coefficient (Wildman–Crippen LogP) is 1.67. The minimum atomic E-state index is 0.0378. The quantitative estimate of drug-likeness (QED) is 0.487. The van der Waals surface area contributed by atoms with Gasteiger partial charge in [0.05, 0.1) is 0 Å². The highest BCUT2D eigenvalue weighted by molar-refractivity contribution is 5.59. The van der Waals surface area contributed by atoms with Crippen LogP contribution in [0.4, 0.5) is 5.69 Å². The van der Waals surface area contributed by atoms with Gasteiger partial charge in [0.2, 0.25) is 6.08 Å². The number of phenols is 1. The topological polar surface area (TPSA) is 49.7 Å². The Labute approximate surface area is 64.0 Å². The maximum Gasteiger partial charge on any atom is 0.240 e. The summed E-state index contributed by atoms with van der Waals surface area (Å²) < 4.78 is 0. The summed E-state index contributed by atoms with van der Waals surface area (Å²) >= 11 is 0. The lowest BCUT2D eigenvalue weighted by Gasteiger charge is -1.98. The lowest BCUT2D eigenvalue weighted by atomic mass is 10.2. The number of aryl methyl sites for hydroxylation is 1. The van der Waals surface area contributed by atoms with Gasteiger partial charge < -0.3 is 5.11 Å². The van der Waals surface area contributed by atoms with E-state index in [2.05, 4.69) is 4.99 Å². The van der Waals surface area contributed by atoms with Crippen LogP contribution in [0.1, 0.15) is 5.56 Å². The summed E-state index contributed by atoms with van der Waals surface area (Å²) in [5, 5.41) is 9.26. The van der Waals surface area contributed by atoms with Crippen LogP contribution in [0.5, 0.6) is 5.75 Å². The smallest absolute Gasteiger partial charge is 0.240 e. The molecular formula is C8H7NO2. The molecule has 56 valence electrons. The number of isocyanates is 1. The molecule has 1 aromatic carbocycles. The van der Waals surface area contributed by atoms with Crippen molar-refractivity contribution in [2.24, 2.45) is 4.99 Å². The third-order valence-corrected chi connectivity index (χ3v) is 1.38. The molecule has 0 spiro atoms. The third kappa shape index (κ3) is 1.45. The van der Waals surface area contributed by atoms with Gasteiger partial charge in [-0.25, -0.2) is 4.79 Å². The fourth-order valence-electron chi connectivity index (χ4n) is 0.783. The molecule has 0 saturated heterocycles. The third-order valence-electron chi connectivity index (χ3n) is 1.38. The molecule has 3 heteroatoms. The molecule has 0 saturated carbocycles. The fraction of sp³-hybridized carbons (Fsp3) is 0.125. The van der Waals surface area contributed by atoms with Crippen LogP contribution in [0.25, 0.3) is 0 Å². The van der Waals surface area contributed by atoms with Gasteiger partial charge in [0.15, 0.2) is 0 Å². The van der Waals surface area contributed by atoms with Crippen LogP contribution in [0, 0.1) is 6.92 Å². The molecule has 0 bridgehead atoms. The van der Waals surface area contributed by atoms with E-state index in [1.807, 2.05) is 0 Å². The van der Waals surface area contributed by atoms with Crippen molar-refractivity contribution in [1.29, 1.82) is 0 Å². The number of hydrogen-bond donors (Lipinski definition) is 1. The Hall–Kier alpha value is -1.60. The first-order valence-electron chi connectivity index (χ1n) is 3.12. The summed E-state index contributed by atoms with van der Waals surface area (Å²) in [6, 6.07) is 5.00. The Kier molecular flexibility index (Phi) is 2.04. The van der Waals surface area contributed by atoms with E-state index >= 15 is 0 Å². The van der Waals surface area contributed by atoms with Crippen molar-refractivity contribution in [2.45, 2.75) is 6.92 Å². The average molecular weight is 149 g/mol. The predicted molar refractivity (Wildman–Crippen MR) is 40.6 cm³/mol. The molecule has 1 aromatic rings. The number of phenolic OH excluding ortho intramolecular Hbond substituents is 1. The first kappa shape index (κ1) is 7.51. The van der Waals surface area contributed by atoms with Crippen molar-refractivity contribution in [1.82, 2.24) is 0 Å². The molecule has 11 heavy (non-hydrogen) atoms. The largest absolute Gasteiger partial charge is 0.505 e. The highest BCUT2D eigenvalue weighted by Crippen LogP contribution is 2.28. The lowest BCUT2D eigenvalue weighted by molar-refractivity contribution is 0.472. The number of aromatic hydroxyl groups is 1. The Morgan fingerprint density at radius 2 is 2.27 bits per heavy atom. The standard InChI is InChI=1S/C8H7NO2/c1-6-3-2-4-7(8(6)11)9-5-10/h2-4,11H,1H3. The van der Waals surface area contributed by atoms with Crippen molar-refractivity contribution in [3.63, 3.8) is 0 Å². The zero-order valence-electron chi connectivity index (χ0n) is 6.03. The average Bonchev–Trinajstić information content (AvgIpc) is 1.99. The molecule has 0 radical (unpaired) electrons. The summed E-state index contributed by atoms with van der Waals surface area (Å²) in [5.41, 5.74) is 0.960. The lowest BCUT2D eigenvalue weighted by Crippen LogP contribution is -1.73. The zero-order valence-corrected chi connectivity index (χ0v) is 6.03. The SMILES string of the molecule is Cc1cccc(N=C=O)c1O. The summed E-state index contributed by atoms with van der Waals surface area (Å²) in [7, 11) is 0. The molecule has 0 aromatic heterocycles. The van der Waals surface area contributed by atoms with Crippen LogP contribution in [0.2, 0.25) is 0 Å². The van der Waals surface area contributed by atoms with Crippen molar-refractivity contribution in [3.05, 3.63) is 23.8 Å². The van der Waals surface area contributed by atoms with E-state index in [0.29, 0.717) is 5.56 Å². The second-order valence-corrected chi connectivity index (χ2v) is 2.15. The normalized spacial score (nSPS) is 8.82. The van der Waals surface area contributed by atoms with Gasteiger partial charge in [-0.15, -0.1) is 0 Å². The van der Waals surface area contributed by atoms with Crippen LogP contribution < -0.4 is 0 Å². The number of benzene rings is 1. The first-order valence-corrected chi connectivity index (χ1v) is 3.12. The fourth-order valence-corrected chi connectivity index (χ4v) is 0.783. The summed E-state index contributed by atoms with van der Waals surface area (Å²) in [6.45, 7) is 1.74. The maximum absolute atomic E-state index is 9.84. The molecule has 0 aliphatic rings. The molecule has 0 atom stereocenters. The van der Waals surface area contributed by atoms with E-state index < -0.39 is 0 Å². The Morgan fingerprint density at radius 1 is 1.55 bits per heavy atom. The second-order valence-electron chi connectivity index (χ2n) is 2.15. The van der Waals surface area contributed by atoms with Crippen molar-refractivity contribution in [3.8, 4) is 5.75 Å². The molecule has 0 fully saturated rings. The number of carbonyl (C=O) groups excluding carboxylic acids is 1. The van der Waals surface area contributed by atoms with E-state index in [1.54, 1.807) is 25.1 Å². The first-order chi connectivity index (χ1) is 5.25. The summed E-state index contributed by atoms with van der Waals surface area (Å²) in [4.78, 5) is 13.1. The highest BCUT2D eigenvalue weighted by Gasteiger charge is 2.00. The van der Waals surface area contributed by atoms with Gasteiger partial charge in [0.1, 0.15) is 11.4 Å². The van der Waals surface area contributed by atoms with Crippen LogP contribution in [0.3, 0.4) is 0 Å². The maximum atomic E-state index is 9.84. The van der Waals surface area contributed by atoms with E-state index in [-0.39, 0.29) is 11.4 Å². The van der Waals surface area contributed by atoms with Crippen LogP contribution in [-0.2, 0) is 4.79 Å². The zero-order chi connectivity index (χ0) is 8.27. The Bertz CT molecular complexity index is 314. The van der Waals surface area contributed by atoms with Gasteiger partial charge in [-0.1, -0.05) is 12.1 Å². The molecule has 0 heterocycles. The van der Waals surface area contributed by atoms with E-state index in [1.165, 1.54) is 6.08 Å². The van der Waals surface area contributed by atoms with E-state index in [0.717, 1.165) is 0 Å². The molecule has 0 amide bonds. The van der Waals surface area contributed by atoms with Gasteiger partial charge >= 0.3 is 0 Å². The van der Waals surface area contributed by atoms with Gasteiger partial charge in [0.25, 0.3) is 0 Å². The minimum Gasteiger partial charge on any atom is -0.505 e. The number of para-hydroxylation sites is 1.